The minimum Gasteiger partial charge on any atom is -0.454 e. The van der Waals surface area contributed by atoms with Crippen LogP contribution in [0.5, 0.6) is 11.5 Å². The van der Waals surface area contributed by atoms with E-state index in [4.69, 9.17) is 22.1 Å². The van der Waals surface area contributed by atoms with Gasteiger partial charge in [-0.15, -0.1) is 0 Å². The molecule has 0 spiro atoms. The van der Waals surface area contributed by atoms with Crippen LogP contribution in [0.15, 0.2) is 75.5 Å². The number of hydrogen-bond donors (Lipinski definition) is 2. The normalized spacial score (nSPS) is 11.5. The first-order valence-electron chi connectivity index (χ1n) is 10.0. The van der Waals surface area contributed by atoms with Crippen LogP contribution in [-0.2, 0) is 13.1 Å². The van der Waals surface area contributed by atoms with E-state index in [0.717, 1.165) is 10.1 Å². The topological polar surface area (TPSA) is 133 Å². The van der Waals surface area contributed by atoms with Gasteiger partial charge in [0, 0.05) is 11.6 Å². The quantitative estimate of drug-likeness (QED) is 0.449. The fraction of sp³-hybridized carbons (Fsp3) is 0.136. The average Bonchev–Trinajstić information content (AvgIpc) is 2.81. The van der Waals surface area contributed by atoms with Crippen LogP contribution in [0, 0.1) is 0 Å². The van der Waals surface area contributed by atoms with Gasteiger partial charge in [0.2, 0.25) is 11.6 Å². The summed E-state index contributed by atoms with van der Waals surface area (Å²) in [5.41, 5.74) is 5.97. The number of aromatic amines is 1. The number of benzene rings is 2. The maximum atomic E-state index is 13.0. The maximum Gasteiger partial charge on any atom is 0.335 e. The second-order valence-electron chi connectivity index (χ2n) is 6.98. The summed E-state index contributed by atoms with van der Waals surface area (Å²) in [6, 6.07) is 13.9. The van der Waals surface area contributed by atoms with Crippen LogP contribution in [0.3, 0.4) is 0 Å². The average molecular weight is 466 g/mol. The van der Waals surface area contributed by atoms with Gasteiger partial charge in [-0.05, 0) is 48.9 Å². The molecule has 0 saturated carbocycles. The lowest BCUT2D eigenvalue weighted by molar-refractivity contribution is 0.478. The summed E-state index contributed by atoms with van der Waals surface area (Å²) in [6.07, 6.45) is 2.93. The highest BCUT2D eigenvalue weighted by Crippen LogP contribution is 2.23. The fourth-order valence-electron chi connectivity index (χ4n) is 3.06. The van der Waals surface area contributed by atoms with Gasteiger partial charge in [0.1, 0.15) is 5.75 Å². The molecule has 0 radical (unpaired) electrons. The number of ether oxygens (including phenoxy) is 1. The van der Waals surface area contributed by atoms with E-state index in [1.807, 2.05) is 12.1 Å². The van der Waals surface area contributed by atoms with E-state index in [0.29, 0.717) is 22.2 Å². The summed E-state index contributed by atoms with van der Waals surface area (Å²) in [6.45, 7) is 2.17. The number of nitrogens with zero attached hydrogens (tertiary/aromatic N) is 5. The Labute approximate surface area is 192 Å². The van der Waals surface area contributed by atoms with Gasteiger partial charge >= 0.3 is 11.4 Å². The molecule has 0 aliphatic carbocycles. The molecule has 3 N–H and O–H groups in total. The molecule has 0 atom stereocenters. The van der Waals surface area contributed by atoms with Crippen molar-refractivity contribution < 1.29 is 4.74 Å². The molecular formula is C22H20ClN7O3. The minimum atomic E-state index is -0.531. The summed E-state index contributed by atoms with van der Waals surface area (Å²) in [5, 5.41) is 0.592. The Morgan fingerprint density at radius 3 is 2.30 bits per heavy atom. The lowest BCUT2D eigenvalue weighted by Gasteiger charge is -2.10. The SMILES string of the molecule is CCn1c(=O)[nH]/c(=N\c2ccc(Oc3cnc(N)nc3)cc2)n(Cc2ccc(Cl)cc2)c1=O. The summed E-state index contributed by atoms with van der Waals surface area (Å²) >= 11 is 5.96. The van der Waals surface area contributed by atoms with Crippen LogP contribution >= 0.6 is 11.6 Å². The van der Waals surface area contributed by atoms with E-state index in [1.165, 1.54) is 17.0 Å². The monoisotopic (exact) mass is 465 g/mol. The number of H-pyrrole nitrogens is 1. The van der Waals surface area contributed by atoms with E-state index in [1.54, 1.807) is 43.3 Å². The Kier molecular flexibility index (Phi) is 6.36. The van der Waals surface area contributed by atoms with Crippen molar-refractivity contribution in [1.29, 1.82) is 0 Å². The molecule has 10 nitrogen and oxygen atoms in total. The molecule has 4 rings (SSSR count). The molecule has 0 unspecified atom stereocenters. The van der Waals surface area contributed by atoms with Crippen LogP contribution < -0.4 is 27.5 Å². The number of rotatable bonds is 6. The van der Waals surface area contributed by atoms with Gasteiger partial charge in [-0.25, -0.2) is 29.1 Å². The molecule has 0 aliphatic rings. The highest BCUT2D eigenvalue weighted by Gasteiger charge is 2.09. The van der Waals surface area contributed by atoms with Crippen molar-refractivity contribution in [3.05, 3.63) is 98.1 Å². The predicted octanol–water partition coefficient (Wildman–Crippen LogP) is 2.46. The first-order valence-corrected chi connectivity index (χ1v) is 10.4. The highest BCUT2D eigenvalue weighted by atomic mass is 35.5. The highest BCUT2D eigenvalue weighted by molar-refractivity contribution is 6.30. The molecule has 0 aliphatic heterocycles. The largest absolute Gasteiger partial charge is 0.454 e. The number of halogens is 1. The van der Waals surface area contributed by atoms with Crippen molar-refractivity contribution in [2.45, 2.75) is 20.0 Å². The number of anilines is 1. The fourth-order valence-corrected chi connectivity index (χ4v) is 3.19. The zero-order valence-corrected chi connectivity index (χ0v) is 18.4. The van der Waals surface area contributed by atoms with Gasteiger partial charge in [-0.1, -0.05) is 23.7 Å². The lowest BCUT2D eigenvalue weighted by Crippen LogP contribution is -2.49. The van der Waals surface area contributed by atoms with Crippen LogP contribution in [0.1, 0.15) is 12.5 Å². The summed E-state index contributed by atoms with van der Waals surface area (Å²) in [5.74, 6) is 1.12. The Morgan fingerprint density at radius 2 is 1.67 bits per heavy atom. The summed E-state index contributed by atoms with van der Waals surface area (Å²) in [4.78, 5) is 40.3. The Hall–Kier alpha value is -4.18. The van der Waals surface area contributed by atoms with Crippen LogP contribution in [0.2, 0.25) is 5.02 Å². The molecule has 2 heterocycles. The molecule has 0 amide bonds. The predicted molar refractivity (Wildman–Crippen MR) is 124 cm³/mol. The van der Waals surface area contributed by atoms with Crippen molar-refractivity contribution >= 4 is 23.2 Å². The molecule has 4 aromatic rings. The zero-order chi connectivity index (χ0) is 23.4. The van der Waals surface area contributed by atoms with Gasteiger partial charge in [0.15, 0.2) is 5.75 Å². The maximum absolute atomic E-state index is 13.0. The second kappa shape index (κ2) is 9.53. The molecule has 2 aromatic carbocycles. The zero-order valence-electron chi connectivity index (χ0n) is 17.6. The van der Waals surface area contributed by atoms with Gasteiger partial charge < -0.3 is 10.5 Å². The first-order chi connectivity index (χ1) is 15.9. The number of nitrogen functional groups attached to an aromatic ring is 1. The minimum absolute atomic E-state index is 0.130. The van der Waals surface area contributed by atoms with Crippen LogP contribution in [-0.4, -0.2) is 24.1 Å². The first kappa shape index (κ1) is 22.0. The molecule has 168 valence electrons. The van der Waals surface area contributed by atoms with Gasteiger partial charge in [0.25, 0.3) is 0 Å². The number of aromatic nitrogens is 5. The van der Waals surface area contributed by atoms with Crippen LogP contribution in [0.25, 0.3) is 0 Å². The third-order valence-electron chi connectivity index (χ3n) is 4.71. The van der Waals surface area contributed by atoms with Crippen molar-refractivity contribution in [2.24, 2.45) is 4.99 Å². The van der Waals surface area contributed by atoms with Gasteiger partial charge in [0.05, 0.1) is 24.6 Å². The molecule has 0 bridgehead atoms. The summed E-state index contributed by atoms with van der Waals surface area (Å²) < 4.78 is 8.19. The Morgan fingerprint density at radius 1 is 1.00 bits per heavy atom. The van der Waals surface area contributed by atoms with Crippen molar-refractivity contribution in [3.63, 3.8) is 0 Å². The van der Waals surface area contributed by atoms with E-state index in [2.05, 4.69) is 19.9 Å². The van der Waals surface area contributed by atoms with Gasteiger partial charge in [-0.2, -0.15) is 0 Å². The molecule has 0 fully saturated rings. The van der Waals surface area contributed by atoms with E-state index < -0.39 is 11.4 Å². The Balaban J connectivity index is 1.70. The van der Waals surface area contributed by atoms with E-state index in [9.17, 15) is 9.59 Å². The Bertz CT molecular complexity index is 1440. The number of nitrogens with two attached hydrogens (primary N) is 1. The van der Waals surface area contributed by atoms with Crippen molar-refractivity contribution in [1.82, 2.24) is 24.1 Å². The van der Waals surface area contributed by atoms with Crippen LogP contribution in [0.4, 0.5) is 11.6 Å². The molecular weight excluding hydrogens is 446 g/mol. The smallest absolute Gasteiger partial charge is 0.335 e. The molecule has 33 heavy (non-hydrogen) atoms. The third kappa shape index (κ3) is 5.18. The van der Waals surface area contributed by atoms with Crippen molar-refractivity contribution in [3.8, 4) is 11.5 Å². The standard InChI is InChI=1S/C22H20ClN7O3/c1-2-29-21(31)28-20(30(22(29)32)13-14-3-5-15(23)6-4-14)27-16-7-9-17(10-8-16)33-18-11-25-19(24)26-12-18/h3-12H,2,13H2,1H3,(H2,24,25,26)(H,27,28,31). The lowest BCUT2D eigenvalue weighted by atomic mass is 10.2. The molecule has 2 aromatic heterocycles. The second-order valence-corrected chi connectivity index (χ2v) is 7.41. The number of hydrogen-bond acceptors (Lipinski definition) is 7. The third-order valence-corrected chi connectivity index (χ3v) is 4.96. The molecule has 11 heteroatoms. The summed E-state index contributed by atoms with van der Waals surface area (Å²) in [7, 11) is 0. The van der Waals surface area contributed by atoms with Gasteiger partial charge in [-0.3, -0.25) is 9.55 Å². The number of nitrogens with one attached hydrogen (secondary N) is 1. The van der Waals surface area contributed by atoms with E-state index in [-0.39, 0.29) is 24.7 Å². The van der Waals surface area contributed by atoms with Crippen molar-refractivity contribution in [2.75, 3.05) is 5.73 Å². The molecule has 0 saturated heterocycles. The van der Waals surface area contributed by atoms with E-state index >= 15 is 0 Å².